The minimum atomic E-state index is -4.56. The molecule has 3 nitrogen and oxygen atoms in total. The van der Waals surface area contributed by atoms with Gasteiger partial charge in [0, 0.05) is 10.5 Å². The fourth-order valence-corrected chi connectivity index (χ4v) is 4.59. The zero-order valence-electron chi connectivity index (χ0n) is 14.6. The van der Waals surface area contributed by atoms with Gasteiger partial charge in [-0.05, 0) is 30.7 Å². The molecule has 0 spiro atoms. The highest BCUT2D eigenvalue weighted by atomic mass is 35.5. The first-order valence-electron chi connectivity index (χ1n) is 7.81. The summed E-state index contributed by atoms with van der Waals surface area (Å²) in [6.45, 7) is 0. The van der Waals surface area contributed by atoms with E-state index in [1.165, 1.54) is 16.4 Å². The first kappa shape index (κ1) is 21.2. The van der Waals surface area contributed by atoms with E-state index in [-0.39, 0.29) is 21.6 Å². The van der Waals surface area contributed by atoms with Crippen LogP contribution < -0.4 is 5.73 Å². The summed E-state index contributed by atoms with van der Waals surface area (Å²) < 4.78 is 40.4. The van der Waals surface area contributed by atoms with Gasteiger partial charge < -0.3 is 5.73 Å². The molecule has 10 heteroatoms. The molecular weight excluding hydrogens is 450 g/mol. The minimum absolute atomic E-state index is 0.108. The van der Waals surface area contributed by atoms with Crippen molar-refractivity contribution in [1.29, 1.82) is 0 Å². The average Bonchev–Trinajstić information content (AvgIpc) is 2.96. The predicted molar refractivity (Wildman–Crippen MR) is 112 cm³/mol. The first-order chi connectivity index (χ1) is 13.2. The fraction of sp³-hybridized carbons (Fsp3) is 0.167. The molecule has 0 bridgehead atoms. The van der Waals surface area contributed by atoms with Crippen LogP contribution in [-0.4, -0.2) is 22.3 Å². The zero-order chi connectivity index (χ0) is 20.6. The number of halogens is 5. The number of benzene rings is 2. The Labute approximate surface area is 178 Å². The van der Waals surface area contributed by atoms with Crippen LogP contribution in [0.1, 0.15) is 5.56 Å². The van der Waals surface area contributed by atoms with Crippen LogP contribution in [0.3, 0.4) is 0 Å². The van der Waals surface area contributed by atoms with Gasteiger partial charge in [0.2, 0.25) is 0 Å². The Bertz CT molecular complexity index is 1010. The highest BCUT2D eigenvalue weighted by Gasteiger charge is 2.33. The second-order valence-electron chi connectivity index (χ2n) is 5.67. The second-order valence-corrected chi connectivity index (χ2v) is 8.13. The highest BCUT2D eigenvalue weighted by Crippen LogP contribution is 2.43. The van der Waals surface area contributed by atoms with E-state index in [1.54, 1.807) is 11.8 Å². The quantitative estimate of drug-likeness (QED) is 0.427. The monoisotopic (exact) mass is 463 g/mol. The largest absolute Gasteiger partial charge is 0.416 e. The van der Waals surface area contributed by atoms with Crippen molar-refractivity contribution < 1.29 is 13.2 Å². The van der Waals surface area contributed by atoms with Crippen LogP contribution in [0.2, 0.25) is 10.0 Å². The van der Waals surface area contributed by atoms with E-state index in [1.807, 2.05) is 36.8 Å². The number of anilines is 1. The van der Waals surface area contributed by atoms with Crippen molar-refractivity contribution in [2.75, 3.05) is 18.2 Å². The standard InChI is InChI=1S/C18H14Cl2F3N3S2/c1-27-13-6-4-3-5-10(13)14-16(24)26(25-17(14)28-2)15-11(19)7-9(8-12(15)20)18(21,22)23/h3-8H,24H2,1-2H3. The van der Waals surface area contributed by atoms with Crippen LogP contribution in [0, 0.1) is 0 Å². The summed E-state index contributed by atoms with van der Waals surface area (Å²) in [5.41, 5.74) is 7.10. The molecule has 148 valence electrons. The molecule has 1 heterocycles. The van der Waals surface area contributed by atoms with Gasteiger partial charge in [0.25, 0.3) is 0 Å². The SMILES string of the molecule is CSc1ccccc1-c1c(SC)nn(-c2c(Cl)cc(C(F)(F)F)cc2Cl)c1N. The van der Waals surface area contributed by atoms with Crippen molar-refractivity contribution in [3.63, 3.8) is 0 Å². The maximum atomic E-state index is 13.0. The van der Waals surface area contributed by atoms with E-state index in [4.69, 9.17) is 28.9 Å². The third-order valence-corrected chi connectivity index (χ3v) is 6.06. The Balaban J connectivity index is 2.25. The van der Waals surface area contributed by atoms with E-state index in [0.717, 1.165) is 22.6 Å². The number of aromatic nitrogens is 2. The number of thioether (sulfide) groups is 2. The second kappa shape index (κ2) is 8.10. The molecule has 0 aliphatic carbocycles. The van der Waals surface area contributed by atoms with Crippen LogP contribution in [0.25, 0.3) is 16.8 Å². The van der Waals surface area contributed by atoms with Gasteiger partial charge in [-0.25, -0.2) is 4.68 Å². The average molecular weight is 464 g/mol. The molecule has 1 aromatic heterocycles. The molecule has 2 aromatic carbocycles. The number of nitrogens with zero attached hydrogens (tertiary/aromatic N) is 2. The summed E-state index contributed by atoms with van der Waals surface area (Å²) >= 11 is 15.2. The maximum absolute atomic E-state index is 13.0. The van der Waals surface area contributed by atoms with Gasteiger partial charge in [-0.2, -0.15) is 18.3 Å². The summed E-state index contributed by atoms with van der Waals surface area (Å²) in [6, 6.07) is 9.31. The molecule has 3 rings (SSSR count). The molecule has 0 saturated heterocycles. The lowest BCUT2D eigenvalue weighted by Crippen LogP contribution is -2.08. The third kappa shape index (κ3) is 3.83. The van der Waals surface area contributed by atoms with Gasteiger partial charge in [-0.3, -0.25) is 0 Å². The summed E-state index contributed by atoms with van der Waals surface area (Å²) in [7, 11) is 0. The minimum Gasteiger partial charge on any atom is -0.383 e. The van der Waals surface area contributed by atoms with Crippen molar-refractivity contribution in [1.82, 2.24) is 9.78 Å². The lowest BCUT2D eigenvalue weighted by atomic mass is 10.1. The summed E-state index contributed by atoms with van der Waals surface area (Å²) in [5, 5.41) is 4.70. The number of nitrogens with two attached hydrogens (primary N) is 1. The molecule has 2 N–H and O–H groups in total. The van der Waals surface area contributed by atoms with Gasteiger partial charge >= 0.3 is 6.18 Å². The van der Waals surface area contributed by atoms with Gasteiger partial charge in [0.05, 0.1) is 21.2 Å². The van der Waals surface area contributed by atoms with Crippen molar-refractivity contribution in [3.8, 4) is 16.8 Å². The molecule has 3 aromatic rings. The van der Waals surface area contributed by atoms with Crippen LogP contribution in [0.5, 0.6) is 0 Å². The summed E-state index contributed by atoms with van der Waals surface area (Å²) in [6.07, 6.45) is -0.774. The molecular formula is C18H14Cl2F3N3S2. The van der Waals surface area contributed by atoms with E-state index in [9.17, 15) is 13.2 Å². The molecule has 0 saturated carbocycles. The number of alkyl halides is 3. The normalized spacial score (nSPS) is 11.8. The Hall–Kier alpha value is -1.48. The highest BCUT2D eigenvalue weighted by molar-refractivity contribution is 7.99. The molecule has 0 fully saturated rings. The van der Waals surface area contributed by atoms with Crippen molar-refractivity contribution in [2.24, 2.45) is 0 Å². The molecule has 0 unspecified atom stereocenters. The Morgan fingerprint density at radius 2 is 1.64 bits per heavy atom. The van der Waals surface area contributed by atoms with E-state index in [0.29, 0.717) is 10.6 Å². The van der Waals surface area contributed by atoms with Crippen molar-refractivity contribution >= 4 is 52.5 Å². The molecule has 0 radical (unpaired) electrons. The summed E-state index contributed by atoms with van der Waals surface area (Å²) in [5.74, 6) is 0.245. The van der Waals surface area contributed by atoms with Crippen LogP contribution >= 0.6 is 46.7 Å². The molecule has 0 aliphatic heterocycles. The lowest BCUT2D eigenvalue weighted by Gasteiger charge is -2.13. The van der Waals surface area contributed by atoms with Crippen LogP contribution in [0.15, 0.2) is 46.3 Å². The van der Waals surface area contributed by atoms with Gasteiger partial charge in [-0.15, -0.1) is 23.5 Å². The number of hydrogen-bond acceptors (Lipinski definition) is 4. The topological polar surface area (TPSA) is 43.8 Å². The zero-order valence-corrected chi connectivity index (χ0v) is 17.8. The summed E-state index contributed by atoms with van der Waals surface area (Å²) in [4.78, 5) is 0.994. The lowest BCUT2D eigenvalue weighted by molar-refractivity contribution is -0.137. The van der Waals surface area contributed by atoms with Crippen molar-refractivity contribution in [3.05, 3.63) is 52.0 Å². The molecule has 0 amide bonds. The van der Waals surface area contributed by atoms with Gasteiger partial charge in [-0.1, -0.05) is 41.4 Å². The molecule has 0 aliphatic rings. The Morgan fingerprint density at radius 3 is 2.18 bits per heavy atom. The smallest absolute Gasteiger partial charge is 0.383 e. The van der Waals surface area contributed by atoms with Gasteiger partial charge in [0.15, 0.2) is 0 Å². The molecule has 28 heavy (non-hydrogen) atoms. The number of nitrogen functional groups attached to an aromatic ring is 1. The fourth-order valence-electron chi connectivity index (χ4n) is 2.76. The van der Waals surface area contributed by atoms with Crippen LogP contribution in [-0.2, 0) is 6.18 Å². The number of hydrogen-bond donors (Lipinski definition) is 1. The van der Waals surface area contributed by atoms with E-state index in [2.05, 4.69) is 5.10 Å². The van der Waals surface area contributed by atoms with Crippen molar-refractivity contribution in [2.45, 2.75) is 16.1 Å². The van der Waals surface area contributed by atoms with Crippen LogP contribution in [0.4, 0.5) is 19.0 Å². The Kier molecular flexibility index (Phi) is 6.14. The Morgan fingerprint density at radius 1 is 1.04 bits per heavy atom. The van der Waals surface area contributed by atoms with Gasteiger partial charge in [0.1, 0.15) is 16.5 Å². The number of rotatable bonds is 4. The maximum Gasteiger partial charge on any atom is 0.416 e. The first-order valence-corrected chi connectivity index (χ1v) is 11.0. The molecule has 0 atom stereocenters. The van der Waals surface area contributed by atoms with E-state index < -0.39 is 11.7 Å². The predicted octanol–water partition coefficient (Wildman–Crippen LogP) is 6.89. The third-order valence-electron chi connectivity index (χ3n) is 4.01. The van der Waals surface area contributed by atoms with E-state index >= 15 is 0 Å².